The number of nitrogens with one attached hydrogen (secondary N) is 1. The molecule has 1 N–H and O–H groups in total. The fraction of sp³-hybridized carbons (Fsp3) is 0.562. The molecule has 0 fully saturated rings. The van der Waals surface area contributed by atoms with Crippen LogP contribution in [0.15, 0.2) is 18.2 Å². The zero-order valence-corrected chi connectivity index (χ0v) is 12.6. The number of rotatable bonds is 5. The number of hydrogen-bond donors (Lipinski definition) is 1. The van der Waals surface area contributed by atoms with Crippen LogP contribution in [0.25, 0.3) is 0 Å². The minimum Gasteiger partial charge on any atom is -0.487 e. The molecule has 108 valence electrons. The quantitative estimate of drug-likeness (QED) is 0.897. The van der Waals surface area contributed by atoms with Crippen molar-refractivity contribution in [2.45, 2.75) is 51.8 Å². The van der Waals surface area contributed by atoms with Gasteiger partial charge in [-0.05, 0) is 33.8 Å². The largest absolute Gasteiger partial charge is 0.487 e. The Hall–Kier alpha value is -1.73. The van der Waals surface area contributed by atoms with Gasteiger partial charge in [-0.15, -0.1) is 0 Å². The third-order valence-corrected chi connectivity index (χ3v) is 3.15. The summed E-state index contributed by atoms with van der Waals surface area (Å²) < 4.78 is 11.7. The van der Waals surface area contributed by atoms with Crippen molar-refractivity contribution in [3.8, 4) is 17.6 Å². The first-order chi connectivity index (χ1) is 9.41. The van der Waals surface area contributed by atoms with Gasteiger partial charge in [-0.25, -0.2) is 0 Å². The van der Waals surface area contributed by atoms with E-state index in [1.807, 2.05) is 26.0 Å². The fourth-order valence-electron chi connectivity index (χ4n) is 2.40. The molecular formula is C16H22N2O2. The second-order valence-electron chi connectivity index (χ2n) is 6.10. The molecule has 4 heteroatoms. The molecule has 0 amide bonds. The van der Waals surface area contributed by atoms with Gasteiger partial charge < -0.3 is 9.47 Å². The first-order valence-electron chi connectivity index (χ1n) is 7.00. The highest BCUT2D eigenvalue weighted by Gasteiger charge is 2.32. The Bertz CT molecular complexity index is 518. The van der Waals surface area contributed by atoms with Crippen LogP contribution in [-0.4, -0.2) is 24.3 Å². The van der Waals surface area contributed by atoms with Gasteiger partial charge in [-0.2, -0.15) is 5.26 Å². The summed E-state index contributed by atoms with van der Waals surface area (Å²) in [5.74, 6) is 1.54. The lowest BCUT2D eigenvalue weighted by atomic mass is 10.0. The Balaban J connectivity index is 2.05. The van der Waals surface area contributed by atoms with Crippen molar-refractivity contribution in [1.82, 2.24) is 5.32 Å². The number of para-hydroxylation sites is 1. The van der Waals surface area contributed by atoms with Gasteiger partial charge in [0.15, 0.2) is 11.5 Å². The lowest BCUT2D eigenvalue weighted by Gasteiger charge is -2.19. The molecule has 0 saturated carbocycles. The van der Waals surface area contributed by atoms with Crippen molar-refractivity contribution >= 4 is 0 Å². The number of fused-ring (bicyclic) bond motifs is 1. The lowest BCUT2D eigenvalue weighted by Crippen LogP contribution is -2.38. The van der Waals surface area contributed by atoms with Gasteiger partial charge in [0, 0.05) is 18.0 Å². The third-order valence-electron chi connectivity index (χ3n) is 3.15. The molecule has 1 aliphatic heterocycles. The van der Waals surface area contributed by atoms with Crippen molar-refractivity contribution in [2.24, 2.45) is 0 Å². The van der Waals surface area contributed by atoms with Crippen molar-refractivity contribution in [1.29, 1.82) is 5.26 Å². The minimum absolute atomic E-state index is 0.188. The summed E-state index contributed by atoms with van der Waals surface area (Å²) in [6.45, 7) is 8.46. The first kappa shape index (κ1) is 14.7. The molecule has 0 aromatic heterocycles. The van der Waals surface area contributed by atoms with Crippen LogP contribution < -0.4 is 14.8 Å². The topological polar surface area (TPSA) is 54.3 Å². The van der Waals surface area contributed by atoms with Gasteiger partial charge >= 0.3 is 0 Å². The summed E-state index contributed by atoms with van der Waals surface area (Å²) in [5, 5.41) is 12.3. The van der Waals surface area contributed by atoms with E-state index in [2.05, 4.69) is 31.3 Å². The summed E-state index contributed by atoms with van der Waals surface area (Å²) in [6, 6.07) is 8.06. The summed E-state index contributed by atoms with van der Waals surface area (Å²) in [5.41, 5.74) is 0.977. The third kappa shape index (κ3) is 3.43. The second-order valence-corrected chi connectivity index (χ2v) is 6.10. The SMILES string of the molecule is CC(C)NC(C#N)COc1cccc2c1OC(C)(C)C2. The summed E-state index contributed by atoms with van der Waals surface area (Å²) in [6.07, 6.45) is 0.880. The van der Waals surface area contributed by atoms with Crippen LogP contribution >= 0.6 is 0 Å². The maximum absolute atomic E-state index is 9.11. The van der Waals surface area contributed by atoms with Crippen molar-refractivity contribution in [3.63, 3.8) is 0 Å². The predicted molar refractivity (Wildman–Crippen MR) is 78.0 cm³/mol. The lowest BCUT2D eigenvalue weighted by molar-refractivity contribution is 0.131. The van der Waals surface area contributed by atoms with E-state index < -0.39 is 0 Å². The minimum atomic E-state index is -0.319. The number of hydrogen-bond acceptors (Lipinski definition) is 4. The van der Waals surface area contributed by atoms with Crippen LogP contribution in [0.2, 0.25) is 0 Å². The average Bonchev–Trinajstić information content (AvgIpc) is 2.68. The van der Waals surface area contributed by atoms with E-state index in [0.29, 0.717) is 6.61 Å². The van der Waals surface area contributed by atoms with Gasteiger partial charge in [-0.3, -0.25) is 5.32 Å². The molecule has 2 rings (SSSR count). The van der Waals surface area contributed by atoms with Crippen LogP contribution in [0, 0.1) is 11.3 Å². The molecule has 0 radical (unpaired) electrons. The van der Waals surface area contributed by atoms with Crippen molar-refractivity contribution in [3.05, 3.63) is 23.8 Å². The highest BCUT2D eigenvalue weighted by atomic mass is 16.5. The Morgan fingerprint density at radius 3 is 2.85 bits per heavy atom. The van der Waals surface area contributed by atoms with E-state index in [0.717, 1.165) is 23.5 Å². The van der Waals surface area contributed by atoms with Crippen LogP contribution in [0.1, 0.15) is 33.3 Å². The van der Waals surface area contributed by atoms with Crippen molar-refractivity contribution < 1.29 is 9.47 Å². The van der Waals surface area contributed by atoms with E-state index in [1.165, 1.54) is 0 Å². The standard InChI is InChI=1S/C16H22N2O2/c1-11(2)18-13(9-17)10-19-14-7-5-6-12-8-16(3,4)20-15(12)14/h5-7,11,13,18H,8,10H2,1-4H3. The van der Waals surface area contributed by atoms with Crippen LogP contribution in [0.4, 0.5) is 0 Å². The van der Waals surface area contributed by atoms with Crippen LogP contribution in [0.5, 0.6) is 11.5 Å². The summed E-state index contributed by atoms with van der Waals surface area (Å²) in [7, 11) is 0. The molecule has 0 spiro atoms. The van der Waals surface area contributed by atoms with Crippen LogP contribution in [0.3, 0.4) is 0 Å². The monoisotopic (exact) mass is 274 g/mol. The molecular weight excluding hydrogens is 252 g/mol. The zero-order chi connectivity index (χ0) is 14.8. The molecule has 4 nitrogen and oxygen atoms in total. The summed E-state index contributed by atoms with van der Waals surface area (Å²) in [4.78, 5) is 0. The van der Waals surface area contributed by atoms with E-state index in [4.69, 9.17) is 14.7 Å². The Morgan fingerprint density at radius 1 is 1.45 bits per heavy atom. The number of ether oxygens (including phenoxy) is 2. The van der Waals surface area contributed by atoms with Gasteiger partial charge in [0.25, 0.3) is 0 Å². The number of benzene rings is 1. The van der Waals surface area contributed by atoms with Gasteiger partial charge in [0.2, 0.25) is 0 Å². The molecule has 0 aliphatic carbocycles. The molecule has 1 atom stereocenters. The second kappa shape index (κ2) is 5.72. The maximum Gasteiger partial charge on any atom is 0.165 e. The smallest absolute Gasteiger partial charge is 0.165 e. The molecule has 1 unspecified atom stereocenters. The zero-order valence-electron chi connectivity index (χ0n) is 12.6. The predicted octanol–water partition coefficient (Wildman–Crippen LogP) is 2.67. The van der Waals surface area contributed by atoms with Crippen LogP contribution in [-0.2, 0) is 6.42 Å². The highest BCUT2D eigenvalue weighted by Crippen LogP contribution is 2.41. The molecule has 1 aromatic carbocycles. The molecule has 1 heterocycles. The molecule has 1 aliphatic rings. The van der Waals surface area contributed by atoms with Gasteiger partial charge in [0.1, 0.15) is 18.2 Å². The fourth-order valence-corrected chi connectivity index (χ4v) is 2.40. The van der Waals surface area contributed by atoms with Gasteiger partial charge in [0.05, 0.1) is 6.07 Å². The Morgan fingerprint density at radius 2 is 2.20 bits per heavy atom. The Labute approximate surface area is 120 Å². The Kier molecular flexibility index (Phi) is 4.20. The van der Waals surface area contributed by atoms with Gasteiger partial charge in [-0.1, -0.05) is 12.1 Å². The van der Waals surface area contributed by atoms with E-state index in [9.17, 15) is 0 Å². The van der Waals surface area contributed by atoms with Crippen molar-refractivity contribution in [2.75, 3.05) is 6.61 Å². The number of nitriles is 1. The molecule has 0 bridgehead atoms. The number of nitrogens with zero attached hydrogens (tertiary/aromatic N) is 1. The highest BCUT2D eigenvalue weighted by molar-refractivity contribution is 5.50. The van der Waals surface area contributed by atoms with E-state index in [-0.39, 0.29) is 17.7 Å². The molecule has 0 saturated heterocycles. The average molecular weight is 274 g/mol. The maximum atomic E-state index is 9.11. The molecule has 20 heavy (non-hydrogen) atoms. The van der Waals surface area contributed by atoms with E-state index in [1.54, 1.807) is 0 Å². The molecule has 1 aromatic rings. The normalized spacial score (nSPS) is 17.2. The summed E-state index contributed by atoms with van der Waals surface area (Å²) >= 11 is 0. The van der Waals surface area contributed by atoms with E-state index >= 15 is 0 Å². The first-order valence-corrected chi connectivity index (χ1v) is 7.00.